The summed E-state index contributed by atoms with van der Waals surface area (Å²) in [5.41, 5.74) is 2.83. The summed E-state index contributed by atoms with van der Waals surface area (Å²) >= 11 is 0. The van der Waals surface area contributed by atoms with Gasteiger partial charge in [0.1, 0.15) is 11.5 Å². The molecule has 0 saturated carbocycles. The number of morpholine rings is 1. The first-order valence-electron chi connectivity index (χ1n) is 13.2. The number of rotatable bonds is 12. The summed E-state index contributed by atoms with van der Waals surface area (Å²) < 4.78 is 19.2. The fraction of sp³-hybridized carbons (Fsp3) is 0.483. The molecule has 0 bridgehead atoms. The number of hydrogen-bond donors (Lipinski definition) is 1. The molecule has 2 atom stereocenters. The van der Waals surface area contributed by atoms with E-state index in [2.05, 4.69) is 23.6 Å². The number of hydrogen-bond acceptors (Lipinski definition) is 7. The van der Waals surface area contributed by atoms with Crippen LogP contribution in [0.3, 0.4) is 0 Å². The van der Waals surface area contributed by atoms with Gasteiger partial charge in [0.05, 0.1) is 43.4 Å². The third-order valence-corrected chi connectivity index (χ3v) is 6.99. The minimum absolute atomic E-state index is 0.281. The lowest BCUT2D eigenvalue weighted by Gasteiger charge is -2.33. The zero-order chi connectivity index (χ0) is 26.2. The lowest BCUT2D eigenvalue weighted by molar-refractivity contribution is 0.00243. The molecule has 1 fully saturated rings. The second-order valence-corrected chi connectivity index (χ2v) is 9.65. The van der Waals surface area contributed by atoms with E-state index in [1.54, 1.807) is 7.11 Å². The Morgan fingerprint density at radius 1 is 1.08 bits per heavy atom. The number of β-amino-alcohol motifs (C(OH)–C–C–N with tert-alkyl or cyclic N) is 1. The first-order valence-corrected chi connectivity index (χ1v) is 13.2. The summed E-state index contributed by atoms with van der Waals surface area (Å²) in [5, 5.41) is 15.9. The van der Waals surface area contributed by atoms with Crippen LogP contribution in [-0.4, -0.2) is 83.3 Å². The van der Waals surface area contributed by atoms with Crippen molar-refractivity contribution in [3.8, 4) is 23.1 Å². The van der Waals surface area contributed by atoms with Gasteiger partial charge in [-0.2, -0.15) is 5.10 Å². The molecule has 37 heavy (non-hydrogen) atoms. The van der Waals surface area contributed by atoms with Crippen molar-refractivity contribution in [2.75, 3.05) is 46.5 Å². The molecule has 0 aliphatic carbocycles. The van der Waals surface area contributed by atoms with Gasteiger partial charge in [-0.15, -0.1) is 0 Å². The molecule has 2 aromatic carbocycles. The minimum Gasteiger partial charge on any atom is -0.497 e. The maximum absolute atomic E-state index is 11.0. The van der Waals surface area contributed by atoms with E-state index in [0.717, 1.165) is 55.4 Å². The van der Waals surface area contributed by atoms with Crippen molar-refractivity contribution in [3.05, 3.63) is 65.9 Å². The van der Waals surface area contributed by atoms with Crippen LogP contribution in [0, 0.1) is 6.92 Å². The molecular weight excluding hydrogens is 468 g/mol. The molecule has 200 valence electrons. The standard InChI is InChI=1S/C29H40N4O4/c1-5-22(2)32(20-25(34)19-31-14-16-36-17-15-31)21-28-23(3)30-33(24-10-7-6-8-11-24)29(28)37-27-13-9-12-26(18-27)35-4/h6-13,18,22,25,34H,5,14-17,19-21H2,1-4H3/t22-,25-/m1/s1. The predicted octanol–water partition coefficient (Wildman–Crippen LogP) is 4.28. The van der Waals surface area contributed by atoms with E-state index in [1.807, 2.05) is 66.2 Å². The third-order valence-electron chi connectivity index (χ3n) is 6.99. The van der Waals surface area contributed by atoms with Crippen LogP contribution in [-0.2, 0) is 11.3 Å². The van der Waals surface area contributed by atoms with Crippen molar-refractivity contribution in [1.82, 2.24) is 19.6 Å². The molecule has 0 unspecified atom stereocenters. The second kappa shape index (κ2) is 13.1. The highest BCUT2D eigenvalue weighted by Crippen LogP contribution is 2.33. The molecule has 3 aromatic rings. The summed E-state index contributed by atoms with van der Waals surface area (Å²) in [7, 11) is 1.65. The van der Waals surface area contributed by atoms with Gasteiger partial charge in [0.2, 0.25) is 5.88 Å². The average molecular weight is 509 g/mol. The van der Waals surface area contributed by atoms with E-state index >= 15 is 0 Å². The average Bonchev–Trinajstić information content (AvgIpc) is 3.23. The minimum atomic E-state index is -0.459. The smallest absolute Gasteiger partial charge is 0.227 e. The van der Waals surface area contributed by atoms with Crippen molar-refractivity contribution in [3.63, 3.8) is 0 Å². The van der Waals surface area contributed by atoms with E-state index in [0.29, 0.717) is 31.3 Å². The molecule has 1 aliphatic heterocycles. The lowest BCUT2D eigenvalue weighted by Crippen LogP contribution is -2.46. The van der Waals surface area contributed by atoms with Crippen molar-refractivity contribution < 1.29 is 19.3 Å². The molecular formula is C29H40N4O4. The Bertz CT molecular complexity index is 1110. The van der Waals surface area contributed by atoms with Gasteiger partial charge < -0.3 is 19.3 Å². The molecule has 0 radical (unpaired) electrons. The van der Waals surface area contributed by atoms with Crippen molar-refractivity contribution >= 4 is 0 Å². The normalized spacial score (nSPS) is 16.1. The van der Waals surface area contributed by atoms with Crippen LogP contribution in [0.4, 0.5) is 0 Å². The van der Waals surface area contributed by atoms with Crippen molar-refractivity contribution in [1.29, 1.82) is 0 Å². The third kappa shape index (κ3) is 7.11. The fourth-order valence-electron chi connectivity index (χ4n) is 4.62. The van der Waals surface area contributed by atoms with Gasteiger partial charge in [-0.25, -0.2) is 4.68 Å². The molecule has 0 spiro atoms. The Hall–Kier alpha value is -2.91. The summed E-state index contributed by atoms with van der Waals surface area (Å²) in [6, 6.07) is 17.9. The molecule has 2 heterocycles. The first-order chi connectivity index (χ1) is 18.0. The van der Waals surface area contributed by atoms with Gasteiger partial charge in [-0.1, -0.05) is 31.2 Å². The van der Waals surface area contributed by atoms with Gasteiger partial charge in [0, 0.05) is 44.8 Å². The summed E-state index contributed by atoms with van der Waals surface area (Å²) in [6.07, 6.45) is 0.515. The molecule has 4 rings (SSSR count). The zero-order valence-electron chi connectivity index (χ0n) is 22.5. The van der Waals surface area contributed by atoms with Crippen LogP contribution in [0.1, 0.15) is 31.5 Å². The van der Waals surface area contributed by atoms with Crippen LogP contribution >= 0.6 is 0 Å². The number of nitrogens with zero attached hydrogens (tertiary/aromatic N) is 4. The summed E-state index contributed by atoms with van der Waals surface area (Å²) in [4.78, 5) is 4.61. The summed E-state index contributed by atoms with van der Waals surface area (Å²) in [5.74, 6) is 2.09. The Labute approximate surface area is 220 Å². The van der Waals surface area contributed by atoms with Crippen LogP contribution in [0.5, 0.6) is 17.4 Å². The molecule has 1 saturated heterocycles. The van der Waals surface area contributed by atoms with E-state index in [1.165, 1.54) is 0 Å². The van der Waals surface area contributed by atoms with Crippen LogP contribution in [0.2, 0.25) is 0 Å². The highest BCUT2D eigenvalue weighted by molar-refractivity contribution is 5.44. The number of ether oxygens (including phenoxy) is 3. The number of para-hydroxylation sites is 1. The number of aliphatic hydroxyl groups excluding tert-OH is 1. The van der Waals surface area contributed by atoms with E-state index < -0.39 is 6.10 Å². The maximum atomic E-state index is 11.0. The van der Waals surface area contributed by atoms with E-state index in [-0.39, 0.29) is 6.04 Å². The highest BCUT2D eigenvalue weighted by atomic mass is 16.5. The van der Waals surface area contributed by atoms with Crippen LogP contribution in [0.25, 0.3) is 5.69 Å². The van der Waals surface area contributed by atoms with Crippen molar-refractivity contribution in [2.24, 2.45) is 0 Å². The molecule has 1 aromatic heterocycles. The SMILES string of the molecule is CC[C@@H](C)N(Cc1c(C)nn(-c2ccccc2)c1Oc1cccc(OC)c1)C[C@H](O)CN1CCOCC1. The maximum Gasteiger partial charge on any atom is 0.227 e. The van der Waals surface area contributed by atoms with Crippen LogP contribution < -0.4 is 9.47 Å². The van der Waals surface area contributed by atoms with Gasteiger partial charge in [-0.05, 0) is 44.5 Å². The molecule has 0 amide bonds. The molecule has 8 nitrogen and oxygen atoms in total. The van der Waals surface area contributed by atoms with Crippen molar-refractivity contribution in [2.45, 2.75) is 45.9 Å². The number of aromatic nitrogens is 2. The molecule has 1 N–H and O–H groups in total. The van der Waals surface area contributed by atoms with Gasteiger partial charge in [0.15, 0.2) is 0 Å². The molecule has 8 heteroatoms. The highest BCUT2D eigenvalue weighted by Gasteiger charge is 2.25. The van der Waals surface area contributed by atoms with Crippen LogP contribution in [0.15, 0.2) is 54.6 Å². The quantitative estimate of drug-likeness (QED) is 0.392. The Kier molecular flexibility index (Phi) is 9.57. The Morgan fingerprint density at radius 3 is 2.51 bits per heavy atom. The summed E-state index contributed by atoms with van der Waals surface area (Å²) in [6.45, 7) is 11.4. The second-order valence-electron chi connectivity index (χ2n) is 9.65. The lowest BCUT2D eigenvalue weighted by atomic mass is 10.1. The van der Waals surface area contributed by atoms with Gasteiger partial charge >= 0.3 is 0 Å². The fourth-order valence-corrected chi connectivity index (χ4v) is 4.62. The Balaban J connectivity index is 1.63. The van der Waals surface area contributed by atoms with E-state index in [9.17, 15) is 5.11 Å². The topological polar surface area (TPSA) is 72.2 Å². The van der Waals surface area contributed by atoms with Gasteiger partial charge in [-0.3, -0.25) is 9.80 Å². The van der Waals surface area contributed by atoms with E-state index in [4.69, 9.17) is 19.3 Å². The number of aryl methyl sites for hydroxylation is 1. The predicted molar refractivity (Wildman–Crippen MR) is 145 cm³/mol. The monoisotopic (exact) mass is 508 g/mol. The number of benzene rings is 2. The Morgan fingerprint density at radius 2 is 1.81 bits per heavy atom. The first kappa shape index (κ1) is 27.1. The largest absolute Gasteiger partial charge is 0.497 e. The number of aliphatic hydroxyl groups is 1. The van der Waals surface area contributed by atoms with Gasteiger partial charge in [0.25, 0.3) is 0 Å². The zero-order valence-corrected chi connectivity index (χ0v) is 22.5. The number of methoxy groups -OCH3 is 1. The molecule has 1 aliphatic rings.